The summed E-state index contributed by atoms with van der Waals surface area (Å²) < 4.78 is 11.8. The van der Waals surface area contributed by atoms with Crippen LogP contribution in [0.3, 0.4) is 0 Å². The molecule has 0 aliphatic heterocycles. The van der Waals surface area contributed by atoms with Gasteiger partial charge in [0.05, 0.1) is 31.0 Å². The second kappa shape index (κ2) is 8.80. The van der Waals surface area contributed by atoms with Crippen molar-refractivity contribution in [1.82, 2.24) is 20.0 Å². The van der Waals surface area contributed by atoms with Crippen molar-refractivity contribution in [3.05, 3.63) is 59.7 Å². The number of hydrogen-bond acceptors (Lipinski definition) is 7. The molecule has 2 heterocycles. The summed E-state index contributed by atoms with van der Waals surface area (Å²) in [5.41, 5.74) is 9.44. The highest BCUT2D eigenvalue weighted by Crippen LogP contribution is 2.28. The van der Waals surface area contributed by atoms with E-state index in [1.807, 2.05) is 48.5 Å². The number of nitrogens with zero attached hydrogens (tertiary/aromatic N) is 4. The van der Waals surface area contributed by atoms with Crippen LogP contribution in [-0.4, -0.2) is 54.1 Å². The Kier molecular flexibility index (Phi) is 5.76. The first-order chi connectivity index (χ1) is 15.1. The fourth-order valence-electron chi connectivity index (χ4n) is 3.24. The molecule has 2 aromatic carbocycles. The van der Waals surface area contributed by atoms with Crippen LogP contribution >= 0.6 is 0 Å². The maximum atomic E-state index is 12.9. The Hall–Kier alpha value is -3.98. The number of ether oxygens (including phenoxy) is 2. The number of hydrogen-bond donors (Lipinski definition) is 2. The van der Waals surface area contributed by atoms with Gasteiger partial charge in [0.15, 0.2) is 5.65 Å². The van der Waals surface area contributed by atoms with E-state index in [2.05, 4.69) is 20.4 Å². The Morgan fingerprint density at radius 3 is 2.58 bits per heavy atom. The van der Waals surface area contributed by atoms with E-state index in [0.29, 0.717) is 41.1 Å². The highest BCUT2D eigenvalue weighted by atomic mass is 16.5. The van der Waals surface area contributed by atoms with E-state index in [1.165, 1.54) is 4.68 Å². The molecule has 4 aromatic rings. The molecule has 0 radical (unpaired) electrons. The van der Waals surface area contributed by atoms with Crippen molar-refractivity contribution in [3.63, 3.8) is 0 Å². The number of benzene rings is 2. The van der Waals surface area contributed by atoms with Crippen LogP contribution in [0.25, 0.3) is 22.2 Å². The summed E-state index contributed by atoms with van der Waals surface area (Å²) in [4.78, 5) is 22.2. The molecule has 31 heavy (non-hydrogen) atoms. The van der Waals surface area contributed by atoms with Gasteiger partial charge in [-0.25, -0.2) is 9.97 Å². The molecule has 158 valence electrons. The van der Waals surface area contributed by atoms with Crippen molar-refractivity contribution in [2.45, 2.75) is 0 Å². The van der Waals surface area contributed by atoms with Crippen molar-refractivity contribution in [2.24, 2.45) is 5.10 Å². The molecule has 1 amide bonds. The highest BCUT2D eigenvalue weighted by Gasteiger charge is 2.23. The van der Waals surface area contributed by atoms with E-state index in [-0.39, 0.29) is 17.3 Å². The normalized spacial score (nSPS) is 11.4. The molecule has 0 atom stereocenters. The lowest BCUT2D eigenvalue weighted by Gasteiger charge is -2.05. The number of methoxy groups -OCH3 is 2. The first-order valence-electron chi connectivity index (χ1n) is 9.65. The lowest BCUT2D eigenvalue weighted by Crippen LogP contribution is -2.27. The number of aromatic nitrogens is 3. The van der Waals surface area contributed by atoms with Crippen molar-refractivity contribution >= 4 is 40.1 Å². The lowest BCUT2D eigenvalue weighted by molar-refractivity contribution is 0.0939. The molecule has 0 unspecified atom stereocenters. The number of carbonyl (C=O) groups is 1. The molecular weight excluding hydrogens is 396 g/mol. The zero-order valence-corrected chi connectivity index (χ0v) is 17.2. The lowest BCUT2D eigenvalue weighted by atomic mass is 10.2. The van der Waals surface area contributed by atoms with E-state index in [9.17, 15) is 4.79 Å². The van der Waals surface area contributed by atoms with Gasteiger partial charge >= 0.3 is 0 Å². The molecule has 0 aliphatic rings. The van der Waals surface area contributed by atoms with E-state index in [1.54, 1.807) is 20.4 Å². The van der Waals surface area contributed by atoms with Gasteiger partial charge in [0.2, 0.25) is 0 Å². The first-order valence-corrected chi connectivity index (χ1v) is 9.65. The van der Waals surface area contributed by atoms with Gasteiger partial charge in [-0.3, -0.25) is 4.79 Å². The topological polar surface area (TPSA) is 117 Å². The summed E-state index contributed by atoms with van der Waals surface area (Å²) in [7, 11) is 3.16. The van der Waals surface area contributed by atoms with Crippen LogP contribution in [-0.2, 0) is 4.74 Å². The van der Waals surface area contributed by atoms with Gasteiger partial charge < -0.3 is 20.5 Å². The van der Waals surface area contributed by atoms with Crippen LogP contribution < -0.4 is 15.8 Å². The minimum Gasteiger partial charge on any atom is -0.496 e. The molecule has 0 fully saturated rings. The van der Waals surface area contributed by atoms with Crippen LogP contribution in [0.15, 0.2) is 53.6 Å². The maximum absolute atomic E-state index is 12.9. The van der Waals surface area contributed by atoms with Crippen LogP contribution in [0.5, 0.6) is 5.75 Å². The Bertz CT molecular complexity index is 1280. The molecule has 2 aromatic heterocycles. The maximum Gasteiger partial charge on any atom is 0.257 e. The van der Waals surface area contributed by atoms with Crippen molar-refractivity contribution in [2.75, 3.05) is 33.1 Å². The van der Waals surface area contributed by atoms with E-state index < -0.39 is 0 Å². The number of anilines is 1. The molecule has 9 nitrogen and oxygen atoms in total. The zero-order chi connectivity index (χ0) is 21.8. The Labute approximate surface area is 178 Å². The first kappa shape index (κ1) is 20.3. The van der Waals surface area contributed by atoms with E-state index in [0.717, 1.165) is 5.56 Å². The molecule has 4 rings (SSSR count). The number of para-hydroxylation sites is 3. The molecule has 0 bridgehead atoms. The third-order valence-corrected chi connectivity index (χ3v) is 4.74. The van der Waals surface area contributed by atoms with Gasteiger partial charge in [-0.2, -0.15) is 9.78 Å². The van der Waals surface area contributed by atoms with Gasteiger partial charge in [-0.1, -0.05) is 24.3 Å². The van der Waals surface area contributed by atoms with Crippen molar-refractivity contribution < 1.29 is 14.3 Å². The molecule has 0 aliphatic carbocycles. The third-order valence-electron chi connectivity index (χ3n) is 4.74. The highest BCUT2D eigenvalue weighted by molar-refractivity contribution is 6.10. The fraction of sp³-hybridized carbons (Fsp3) is 0.182. The van der Waals surface area contributed by atoms with Gasteiger partial charge in [-0.15, -0.1) is 0 Å². The average Bonchev–Trinajstić information content (AvgIpc) is 3.06. The van der Waals surface area contributed by atoms with Crippen LogP contribution in [0, 0.1) is 0 Å². The van der Waals surface area contributed by atoms with Crippen LogP contribution in [0.1, 0.15) is 15.9 Å². The number of nitrogen functional groups attached to an aromatic ring is 1. The molecular formula is C22H22N6O3. The average molecular weight is 418 g/mol. The SMILES string of the molecule is COCCNC(=O)c1c(N)n(N=Cc2ccccc2OC)c2nc3ccccc3nc12. The second-order valence-corrected chi connectivity index (χ2v) is 6.69. The Balaban J connectivity index is 1.87. The molecule has 9 heteroatoms. The Morgan fingerprint density at radius 1 is 1.13 bits per heavy atom. The predicted molar refractivity (Wildman–Crippen MR) is 120 cm³/mol. The van der Waals surface area contributed by atoms with Crippen LogP contribution in [0.4, 0.5) is 5.82 Å². The van der Waals surface area contributed by atoms with Gasteiger partial charge in [0.25, 0.3) is 5.91 Å². The molecule has 0 saturated carbocycles. The number of fused-ring (bicyclic) bond motifs is 2. The number of amides is 1. The summed E-state index contributed by atoms with van der Waals surface area (Å²) >= 11 is 0. The summed E-state index contributed by atoms with van der Waals surface area (Å²) in [5, 5.41) is 7.29. The predicted octanol–water partition coefficient (Wildman–Crippen LogP) is 2.43. The minimum absolute atomic E-state index is 0.145. The smallest absolute Gasteiger partial charge is 0.257 e. The number of nitrogens with one attached hydrogen (secondary N) is 1. The molecule has 0 saturated heterocycles. The fourth-order valence-corrected chi connectivity index (χ4v) is 3.24. The summed E-state index contributed by atoms with van der Waals surface area (Å²) in [6, 6.07) is 14.9. The monoisotopic (exact) mass is 418 g/mol. The largest absolute Gasteiger partial charge is 0.496 e. The zero-order valence-electron chi connectivity index (χ0n) is 17.2. The number of nitrogens with two attached hydrogens (primary N) is 1. The standard InChI is InChI=1S/C22H22N6O3/c1-30-12-11-24-22(29)18-19-21(27-16-9-5-4-8-15(16)26-19)28(20(18)23)25-13-14-7-3-6-10-17(14)31-2/h3-10,13H,11-12,23H2,1-2H3,(H,24,29). The van der Waals surface area contributed by atoms with Gasteiger partial charge in [-0.05, 0) is 24.3 Å². The quantitative estimate of drug-likeness (QED) is 0.352. The van der Waals surface area contributed by atoms with Gasteiger partial charge in [0, 0.05) is 19.2 Å². The molecule has 3 N–H and O–H groups in total. The summed E-state index contributed by atoms with van der Waals surface area (Å²) in [5.74, 6) is 0.442. The van der Waals surface area contributed by atoms with Crippen LogP contribution in [0.2, 0.25) is 0 Å². The summed E-state index contributed by atoms with van der Waals surface area (Å²) in [6.45, 7) is 0.720. The Morgan fingerprint density at radius 2 is 1.84 bits per heavy atom. The summed E-state index contributed by atoms with van der Waals surface area (Å²) in [6.07, 6.45) is 1.61. The van der Waals surface area contributed by atoms with E-state index >= 15 is 0 Å². The van der Waals surface area contributed by atoms with Crippen molar-refractivity contribution in [3.8, 4) is 5.75 Å². The third kappa shape index (κ3) is 3.90. The van der Waals surface area contributed by atoms with Gasteiger partial charge in [0.1, 0.15) is 22.6 Å². The second-order valence-electron chi connectivity index (χ2n) is 6.69. The van der Waals surface area contributed by atoms with Crippen molar-refractivity contribution in [1.29, 1.82) is 0 Å². The number of rotatable bonds is 7. The van der Waals surface area contributed by atoms with E-state index in [4.69, 9.17) is 15.2 Å². The number of carbonyl (C=O) groups excluding carboxylic acids is 1. The minimum atomic E-state index is -0.365. The molecule has 0 spiro atoms.